The summed E-state index contributed by atoms with van der Waals surface area (Å²) in [5, 5.41) is 0. The molecule has 4 heteroatoms. The van der Waals surface area contributed by atoms with E-state index in [1.54, 1.807) is 0 Å². The molecule has 0 radical (unpaired) electrons. The van der Waals surface area contributed by atoms with Gasteiger partial charge in [-0.25, -0.2) is 5.43 Å². The molecule has 0 aromatic heterocycles. The first kappa shape index (κ1) is 10.8. The van der Waals surface area contributed by atoms with Crippen LogP contribution in [0, 0.1) is 0 Å². The minimum atomic E-state index is -0.101. The SMILES string of the molecule is O=CNNC1c2ccccc2Oc2ccccc21. The van der Waals surface area contributed by atoms with Crippen LogP contribution in [0.3, 0.4) is 0 Å². The van der Waals surface area contributed by atoms with Crippen LogP contribution in [0.1, 0.15) is 17.2 Å². The van der Waals surface area contributed by atoms with Crippen LogP contribution in [0.2, 0.25) is 0 Å². The van der Waals surface area contributed by atoms with Crippen molar-refractivity contribution in [3.05, 3.63) is 59.7 Å². The molecular formula is C14H12N2O2. The van der Waals surface area contributed by atoms with Crippen LogP contribution in [-0.2, 0) is 4.79 Å². The third-order valence-corrected chi connectivity index (χ3v) is 2.97. The number of para-hydroxylation sites is 2. The normalized spacial score (nSPS) is 13.1. The molecule has 2 aromatic rings. The van der Waals surface area contributed by atoms with Crippen molar-refractivity contribution in [2.75, 3.05) is 0 Å². The topological polar surface area (TPSA) is 50.4 Å². The quantitative estimate of drug-likeness (QED) is 0.638. The molecule has 90 valence electrons. The largest absolute Gasteiger partial charge is 0.457 e. The Labute approximate surface area is 105 Å². The van der Waals surface area contributed by atoms with Crippen molar-refractivity contribution in [3.8, 4) is 11.5 Å². The number of hydrazine groups is 1. The number of rotatable bonds is 3. The van der Waals surface area contributed by atoms with Gasteiger partial charge < -0.3 is 4.74 Å². The third kappa shape index (κ3) is 1.72. The summed E-state index contributed by atoms with van der Waals surface area (Å²) in [6.07, 6.45) is 0.626. The molecule has 0 fully saturated rings. The van der Waals surface area contributed by atoms with Crippen molar-refractivity contribution in [3.63, 3.8) is 0 Å². The summed E-state index contributed by atoms with van der Waals surface area (Å²) in [5.74, 6) is 1.61. The zero-order valence-corrected chi connectivity index (χ0v) is 9.59. The van der Waals surface area contributed by atoms with Crippen LogP contribution in [0.5, 0.6) is 11.5 Å². The summed E-state index contributed by atoms with van der Waals surface area (Å²) in [6.45, 7) is 0. The highest BCUT2D eigenvalue weighted by atomic mass is 16.5. The van der Waals surface area contributed by atoms with Crippen molar-refractivity contribution in [1.82, 2.24) is 10.9 Å². The maximum absolute atomic E-state index is 10.5. The zero-order chi connectivity index (χ0) is 12.4. The number of hydrogen-bond acceptors (Lipinski definition) is 3. The predicted molar refractivity (Wildman–Crippen MR) is 67.1 cm³/mol. The predicted octanol–water partition coefficient (Wildman–Crippen LogP) is 2.13. The summed E-state index contributed by atoms with van der Waals surface area (Å²) >= 11 is 0. The van der Waals surface area contributed by atoms with Gasteiger partial charge in [0.2, 0.25) is 6.41 Å². The van der Waals surface area contributed by atoms with Gasteiger partial charge in [0.05, 0.1) is 6.04 Å². The average molecular weight is 240 g/mol. The second-order valence-corrected chi connectivity index (χ2v) is 4.02. The van der Waals surface area contributed by atoms with Crippen LogP contribution in [-0.4, -0.2) is 6.41 Å². The number of carbonyl (C=O) groups is 1. The van der Waals surface area contributed by atoms with E-state index in [-0.39, 0.29) is 6.04 Å². The minimum absolute atomic E-state index is 0.101. The Hall–Kier alpha value is -2.33. The van der Waals surface area contributed by atoms with Crippen molar-refractivity contribution in [2.45, 2.75) is 6.04 Å². The Morgan fingerprint density at radius 3 is 2.06 bits per heavy atom. The monoisotopic (exact) mass is 240 g/mol. The molecule has 2 N–H and O–H groups in total. The Balaban J connectivity index is 2.08. The Kier molecular flexibility index (Phi) is 2.70. The fourth-order valence-corrected chi connectivity index (χ4v) is 2.18. The van der Waals surface area contributed by atoms with Gasteiger partial charge in [0, 0.05) is 11.1 Å². The number of benzene rings is 2. The molecular weight excluding hydrogens is 228 g/mol. The second kappa shape index (κ2) is 4.50. The average Bonchev–Trinajstić information content (AvgIpc) is 2.43. The number of nitrogens with one attached hydrogen (secondary N) is 2. The molecule has 1 aliphatic rings. The molecule has 0 bridgehead atoms. The van der Waals surface area contributed by atoms with E-state index in [4.69, 9.17) is 4.74 Å². The van der Waals surface area contributed by atoms with E-state index in [1.807, 2.05) is 48.5 Å². The zero-order valence-electron chi connectivity index (χ0n) is 9.59. The first-order valence-corrected chi connectivity index (χ1v) is 5.70. The second-order valence-electron chi connectivity index (χ2n) is 4.02. The Morgan fingerprint density at radius 1 is 0.944 bits per heavy atom. The van der Waals surface area contributed by atoms with E-state index in [0.717, 1.165) is 22.6 Å². The van der Waals surface area contributed by atoms with Crippen molar-refractivity contribution in [2.24, 2.45) is 0 Å². The lowest BCUT2D eigenvalue weighted by Crippen LogP contribution is -2.36. The number of ether oxygens (including phenoxy) is 1. The van der Waals surface area contributed by atoms with Gasteiger partial charge in [-0.1, -0.05) is 36.4 Å². The smallest absolute Gasteiger partial charge is 0.221 e. The van der Waals surface area contributed by atoms with E-state index >= 15 is 0 Å². The summed E-state index contributed by atoms with van der Waals surface area (Å²) in [6, 6.07) is 15.5. The molecule has 1 amide bonds. The standard InChI is InChI=1S/C14H12N2O2/c17-9-15-16-14-10-5-1-3-7-12(10)18-13-8-4-2-6-11(13)14/h1-9,14,16H,(H,15,17). The van der Waals surface area contributed by atoms with Gasteiger partial charge in [0.15, 0.2) is 0 Å². The lowest BCUT2D eigenvalue weighted by molar-refractivity contribution is -0.110. The Morgan fingerprint density at radius 2 is 1.50 bits per heavy atom. The van der Waals surface area contributed by atoms with Crippen LogP contribution in [0.4, 0.5) is 0 Å². The van der Waals surface area contributed by atoms with Crippen LogP contribution >= 0.6 is 0 Å². The summed E-state index contributed by atoms with van der Waals surface area (Å²) in [4.78, 5) is 10.5. The lowest BCUT2D eigenvalue weighted by atomic mass is 9.95. The van der Waals surface area contributed by atoms with Gasteiger partial charge in [0.1, 0.15) is 11.5 Å². The molecule has 0 saturated heterocycles. The lowest BCUT2D eigenvalue weighted by Gasteiger charge is -2.28. The van der Waals surface area contributed by atoms with Crippen molar-refractivity contribution < 1.29 is 9.53 Å². The molecule has 1 heterocycles. The van der Waals surface area contributed by atoms with E-state index in [0.29, 0.717) is 6.41 Å². The molecule has 18 heavy (non-hydrogen) atoms. The number of carbonyl (C=O) groups excluding carboxylic acids is 1. The maximum atomic E-state index is 10.5. The van der Waals surface area contributed by atoms with E-state index in [2.05, 4.69) is 10.9 Å². The Bertz CT molecular complexity index is 538. The molecule has 3 rings (SSSR count). The number of fused-ring (bicyclic) bond motifs is 2. The first-order chi connectivity index (χ1) is 8.90. The molecule has 4 nitrogen and oxygen atoms in total. The fraction of sp³-hybridized carbons (Fsp3) is 0.0714. The van der Waals surface area contributed by atoms with Gasteiger partial charge in [-0.2, -0.15) is 0 Å². The summed E-state index contributed by atoms with van der Waals surface area (Å²) in [7, 11) is 0. The first-order valence-electron chi connectivity index (χ1n) is 5.70. The van der Waals surface area contributed by atoms with Crippen LogP contribution in [0.25, 0.3) is 0 Å². The van der Waals surface area contributed by atoms with Gasteiger partial charge >= 0.3 is 0 Å². The molecule has 0 spiro atoms. The molecule has 2 aromatic carbocycles. The van der Waals surface area contributed by atoms with Crippen LogP contribution in [0.15, 0.2) is 48.5 Å². The highest BCUT2D eigenvalue weighted by Crippen LogP contribution is 2.41. The van der Waals surface area contributed by atoms with Gasteiger partial charge in [-0.15, -0.1) is 0 Å². The van der Waals surface area contributed by atoms with Crippen molar-refractivity contribution >= 4 is 6.41 Å². The maximum Gasteiger partial charge on any atom is 0.221 e. The summed E-state index contributed by atoms with van der Waals surface area (Å²) < 4.78 is 5.83. The van der Waals surface area contributed by atoms with Gasteiger partial charge in [-0.3, -0.25) is 10.2 Å². The molecule has 0 unspecified atom stereocenters. The van der Waals surface area contributed by atoms with Crippen LogP contribution < -0.4 is 15.6 Å². The highest BCUT2D eigenvalue weighted by Gasteiger charge is 2.26. The van der Waals surface area contributed by atoms with E-state index in [9.17, 15) is 4.79 Å². The minimum Gasteiger partial charge on any atom is -0.457 e. The third-order valence-electron chi connectivity index (χ3n) is 2.97. The molecule has 0 atom stereocenters. The molecule has 0 saturated carbocycles. The van der Waals surface area contributed by atoms with E-state index < -0.39 is 0 Å². The molecule has 1 aliphatic heterocycles. The summed E-state index contributed by atoms with van der Waals surface area (Å²) in [5.41, 5.74) is 7.51. The van der Waals surface area contributed by atoms with E-state index in [1.165, 1.54) is 0 Å². The number of hydrogen-bond donors (Lipinski definition) is 2. The van der Waals surface area contributed by atoms with Gasteiger partial charge in [0.25, 0.3) is 0 Å². The number of amides is 1. The molecule has 0 aliphatic carbocycles. The van der Waals surface area contributed by atoms with Gasteiger partial charge in [-0.05, 0) is 12.1 Å². The fourth-order valence-electron chi connectivity index (χ4n) is 2.18. The highest BCUT2D eigenvalue weighted by molar-refractivity contribution is 5.53. The van der Waals surface area contributed by atoms with Crippen molar-refractivity contribution in [1.29, 1.82) is 0 Å².